The Morgan fingerprint density at radius 1 is 1.35 bits per heavy atom. The van der Waals surface area contributed by atoms with Crippen LogP contribution < -0.4 is 0 Å². The van der Waals surface area contributed by atoms with Gasteiger partial charge in [0.05, 0.1) is 6.54 Å². The van der Waals surface area contributed by atoms with Gasteiger partial charge in [0.2, 0.25) is 5.91 Å². The molecule has 1 fully saturated rings. The van der Waals surface area contributed by atoms with E-state index in [-0.39, 0.29) is 5.91 Å². The van der Waals surface area contributed by atoms with Crippen molar-refractivity contribution in [2.75, 3.05) is 26.2 Å². The van der Waals surface area contributed by atoms with Gasteiger partial charge in [-0.3, -0.25) is 9.69 Å². The molecule has 2 aromatic rings. The zero-order chi connectivity index (χ0) is 14.1. The van der Waals surface area contributed by atoms with E-state index in [4.69, 9.17) is 11.6 Å². The molecule has 0 bridgehead atoms. The van der Waals surface area contributed by atoms with Crippen LogP contribution in [-0.2, 0) is 11.3 Å². The van der Waals surface area contributed by atoms with Crippen molar-refractivity contribution in [1.29, 1.82) is 0 Å². The van der Waals surface area contributed by atoms with Crippen molar-refractivity contribution in [1.82, 2.24) is 19.8 Å². The van der Waals surface area contributed by atoms with Crippen LogP contribution in [0, 0.1) is 0 Å². The topological polar surface area (TPSA) is 49.3 Å². The maximum atomic E-state index is 11.3. The molecular weight excluding hydrogens is 296 g/mol. The van der Waals surface area contributed by atoms with Crippen LogP contribution in [0.1, 0.15) is 12.7 Å². The molecule has 1 saturated heterocycles. The fraction of sp³-hybridized carbons (Fsp3) is 0.462. The van der Waals surface area contributed by atoms with Crippen LogP contribution in [0.15, 0.2) is 11.4 Å². The third-order valence-electron chi connectivity index (χ3n) is 3.51. The highest BCUT2D eigenvalue weighted by atomic mass is 35.5. The van der Waals surface area contributed by atoms with E-state index in [1.165, 1.54) is 0 Å². The van der Waals surface area contributed by atoms with Crippen molar-refractivity contribution in [3.05, 3.63) is 22.4 Å². The molecule has 0 unspecified atom stereocenters. The number of piperazine rings is 1. The second-order valence-corrected chi connectivity index (χ2v) is 6.10. The molecule has 0 spiro atoms. The number of carbonyl (C=O) groups is 1. The Labute approximate surface area is 126 Å². The molecule has 1 aliphatic heterocycles. The van der Waals surface area contributed by atoms with Crippen LogP contribution in [0.5, 0.6) is 0 Å². The summed E-state index contributed by atoms with van der Waals surface area (Å²) in [6, 6.07) is 1.94. The predicted molar refractivity (Wildman–Crippen MR) is 80.0 cm³/mol. The minimum atomic E-state index is 0.143. The molecule has 7 heteroatoms. The largest absolute Gasteiger partial charge is 0.340 e. The average molecular weight is 311 g/mol. The molecule has 0 N–H and O–H groups in total. The Kier molecular flexibility index (Phi) is 3.87. The lowest BCUT2D eigenvalue weighted by atomic mass is 10.3. The third-order valence-corrected chi connectivity index (χ3v) is 4.60. The lowest BCUT2D eigenvalue weighted by molar-refractivity contribution is -0.130. The molecule has 5 nitrogen and oxygen atoms in total. The van der Waals surface area contributed by atoms with E-state index in [1.54, 1.807) is 18.3 Å². The summed E-state index contributed by atoms with van der Waals surface area (Å²) in [7, 11) is 0. The Morgan fingerprint density at radius 2 is 2.10 bits per heavy atom. The molecule has 3 heterocycles. The van der Waals surface area contributed by atoms with Gasteiger partial charge in [-0.05, 0) is 11.4 Å². The van der Waals surface area contributed by atoms with Gasteiger partial charge in [0.1, 0.15) is 15.8 Å². The van der Waals surface area contributed by atoms with E-state index in [1.807, 2.05) is 16.3 Å². The van der Waals surface area contributed by atoms with Crippen molar-refractivity contribution in [2.45, 2.75) is 13.5 Å². The van der Waals surface area contributed by atoms with E-state index >= 15 is 0 Å². The van der Waals surface area contributed by atoms with E-state index in [2.05, 4.69) is 14.9 Å². The van der Waals surface area contributed by atoms with Gasteiger partial charge in [0.15, 0.2) is 0 Å². The number of nitrogens with zero attached hydrogens (tertiary/aromatic N) is 4. The van der Waals surface area contributed by atoms with Crippen LogP contribution in [0.3, 0.4) is 0 Å². The minimum absolute atomic E-state index is 0.143. The summed E-state index contributed by atoms with van der Waals surface area (Å²) in [5, 5.41) is 3.41. The number of amides is 1. The maximum Gasteiger partial charge on any atom is 0.219 e. The monoisotopic (exact) mass is 310 g/mol. The zero-order valence-electron chi connectivity index (χ0n) is 11.2. The smallest absolute Gasteiger partial charge is 0.219 e. The van der Waals surface area contributed by atoms with Gasteiger partial charge in [-0.15, -0.1) is 11.3 Å². The van der Waals surface area contributed by atoms with Gasteiger partial charge in [0, 0.05) is 38.5 Å². The van der Waals surface area contributed by atoms with Gasteiger partial charge in [-0.25, -0.2) is 9.97 Å². The first-order valence-electron chi connectivity index (χ1n) is 6.51. The lowest BCUT2D eigenvalue weighted by Gasteiger charge is -2.33. The number of thiophene rings is 1. The Morgan fingerprint density at radius 3 is 2.80 bits per heavy atom. The van der Waals surface area contributed by atoms with Crippen LogP contribution in [0.4, 0.5) is 0 Å². The first-order chi connectivity index (χ1) is 9.63. The maximum absolute atomic E-state index is 11.3. The first kappa shape index (κ1) is 13.7. The van der Waals surface area contributed by atoms with Crippen molar-refractivity contribution < 1.29 is 4.79 Å². The summed E-state index contributed by atoms with van der Waals surface area (Å²) in [5.74, 6) is 0.894. The average Bonchev–Trinajstić information content (AvgIpc) is 2.88. The number of fused-ring (bicyclic) bond motifs is 1. The predicted octanol–water partition coefficient (Wildman–Crippen LogP) is 2.01. The van der Waals surface area contributed by atoms with Gasteiger partial charge >= 0.3 is 0 Å². The molecule has 0 radical (unpaired) electrons. The second-order valence-electron chi connectivity index (χ2n) is 4.85. The SMILES string of the molecule is CC(=O)N1CCN(Cc2nc(Cl)c3ccsc3n2)CC1. The number of hydrogen-bond acceptors (Lipinski definition) is 5. The van der Waals surface area contributed by atoms with Gasteiger partial charge < -0.3 is 4.90 Å². The van der Waals surface area contributed by atoms with E-state index in [0.717, 1.165) is 42.2 Å². The molecule has 0 aliphatic carbocycles. The summed E-state index contributed by atoms with van der Waals surface area (Å²) in [6.45, 7) is 5.53. The van der Waals surface area contributed by atoms with Crippen molar-refractivity contribution in [3.63, 3.8) is 0 Å². The number of rotatable bonds is 2. The number of carbonyl (C=O) groups excluding carboxylic acids is 1. The van der Waals surface area contributed by atoms with Gasteiger partial charge in [-0.1, -0.05) is 11.6 Å². The quantitative estimate of drug-likeness (QED) is 0.796. The molecule has 2 aromatic heterocycles. The summed E-state index contributed by atoms with van der Waals surface area (Å²) in [4.78, 5) is 25.3. The van der Waals surface area contributed by atoms with Crippen LogP contribution >= 0.6 is 22.9 Å². The van der Waals surface area contributed by atoms with E-state index in [0.29, 0.717) is 11.7 Å². The van der Waals surface area contributed by atoms with E-state index < -0.39 is 0 Å². The van der Waals surface area contributed by atoms with Crippen LogP contribution in [-0.4, -0.2) is 51.9 Å². The lowest BCUT2D eigenvalue weighted by Crippen LogP contribution is -2.47. The molecule has 1 amide bonds. The summed E-state index contributed by atoms with van der Waals surface area (Å²) >= 11 is 7.75. The molecule has 0 atom stereocenters. The van der Waals surface area contributed by atoms with Crippen molar-refractivity contribution >= 4 is 39.1 Å². The van der Waals surface area contributed by atoms with Crippen LogP contribution in [0.2, 0.25) is 5.15 Å². The molecule has 0 aromatic carbocycles. The normalized spacial score (nSPS) is 16.8. The highest BCUT2D eigenvalue weighted by molar-refractivity contribution is 7.16. The summed E-state index contributed by atoms with van der Waals surface area (Å²) < 4.78 is 0. The van der Waals surface area contributed by atoms with E-state index in [9.17, 15) is 4.79 Å². The molecule has 0 saturated carbocycles. The standard InChI is InChI=1S/C13H15ClN4OS/c1-9(19)18-5-3-17(4-6-18)8-11-15-12(14)10-2-7-20-13(10)16-11/h2,7H,3-6,8H2,1H3. The van der Waals surface area contributed by atoms with Crippen molar-refractivity contribution in [3.8, 4) is 0 Å². The zero-order valence-corrected chi connectivity index (χ0v) is 12.7. The first-order valence-corrected chi connectivity index (χ1v) is 7.77. The van der Waals surface area contributed by atoms with Gasteiger partial charge in [0.25, 0.3) is 0 Å². The number of halogens is 1. The van der Waals surface area contributed by atoms with Crippen molar-refractivity contribution in [2.24, 2.45) is 0 Å². The minimum Gasteiger partial charge on any atom is -0.340 e. The van der Waals surface area contributed by atoms with Crippen LogP contribution in [0.25, 0.3) is 10.2 Å². The molecule has 1 aliphatic rings. The Hall–Kier alpha value is -1.24. The summed E-state index contributed by atoms with van der Waals surface area (Å²) in [5.41, 5.74) is 0. The molecule has 3 rings (SSSR count). The fourth-order valence-corrected chi connectivity index (χ4v) is 3.44. The molecular formula is C13H15ClN4OS. The fourth-order valence-electron chi connectivity index (χ4n) is 2.35. The highest BCUT2D eigenvalue weighted by Gasteiger charge is 2.19. The molecule has 20 heavy (non-hydrogen) atoms. The molecule has 106 valence electrons. The number of aromatic nitrogens is 2. The second kappa shape index (κ2) is 5.63. The Bertz CT molecular complexity index is 636. The Balaban J connectivity index is 1.69. The highest BCUT2D eigenvalue weighted by Crippen LogP contribution is 2.25. The number of hydrogen-bond donors (Lipinski definition) is 0. The third kappa shape index (κ3) is 2.77. The summed E-state index contributed by atoms with van der Waals surface area (Å²) in [6.07, 6.45) is 0. The van der Waals surface area contributed by atoms with Gasteiger partial charge in [-0.2, -0.15) is 0 Å².